The number of halogens is 1. The van der Waals surface area contributed by atoms with Gasteiger partial charge in [0.15, 0.2) is 5.96 Å². The maximum atomic E-state index is 4.78. The summed E-state index contributed by atoms with van der Waals surface area (Å²) in [5, 5.41) is 7.45. The van der Waals surface area contributed by atoms with Crippen LogP contribution in [0.3, 0.4) is 0 Å². The van der Waals surface area contributed by atoms with E-state index in [1.165, 1.54) is 11.1 Å². The lowest BCUT2D eigenvalue weighted by molar-refractivity contribution is 0.448. The first-order valence-corrected chi connectivity index (χ1v) is 8.04. The molecule has 0 amide bonds. The second-order valence-corrected chi connectivity index (χ2v) is 5.45. The smallest absolute Gasteiger partial charge is 0.194 e. The molecule has 0 aliphatic rings. The Labute approximate surface area is 161 Å². The van der Waals surface area contributed by atoms with Crippen LogP contribution < -0.4 is 5.32 Å². The standard InChI is InChI=1S/C17H26N6.HI/c1-5-14-9-7-8-10-15(14)11-19-17(18-6-2)22(3)12-16-20-13-21-23(16)4;/h7-10,13H,5-6,11-12H2,1-4H3,(H,18,19);1H. The molecule has 0 bridgehead atoms. The fraction of sp³-hybridized carbons (Fsp3) is 0.471. The number of aliphatic imine (C=N–C) groups is 1. The number of nitrogens with one attached hydrogen (secondary N) is 1. The van der Waals surface area contributed by atoms with Crippen molar-refractivity contribution in [3.63, 3.8) is 0 Å². The fourth-order valence-corrected chi connectivity index (χ4v) is 2.44. The van der Waals surface area contributed by atoms with Gasteiger partial charge >= 0.3 is 0 Å². The molecule has 2 aromatic rings. The molecule has 132 valence electrons. The molecule has 1 aromatic carbocycles. The van der Waals surface area contributed by atoms with Crippen LogP contribution in [0.25, 0.3) is 0 Å². The second-order valence-electron chi connectivity index (χ2n) is 5.45. The average molecular weight is 442 g/mol. The molecule has 7 heteroatoms. The van der Waals surface area contributed by atoms with Crippen molar-refractivity contribution in [1.29, 1.82) is 0 Å². The summed E-state index contributed by atoms with van der Waals surface area (Å²) in [7, 11) is 3.92. The van der Waals surface area contributed by atoms with Gasteiger partial charge in [0, 0.05) is 20.6 Å². The molecule has 0 aliphatic heterocycles. The predicted octanol–water partition coefficient (Wildman–Crippen LogP) is 2.59. The molecular weight excluding hydrogens is 415 g/mol. The Morgan fingerprint density at radius 1 is 1.25 bits per heavy atom. The highest BCUT2D eigenvalue weighted by Crippen LogP contribution is 2.11. The van der Waals surface area contributed by atoms with E-state index in [1.54, 1.807) is 11.0 Å². The van der Waals surface area contributed by atoms with Crippen molar-refractivity contribution in [2.75, 3.05) is 13.6 Å². The fourth-order valence-electron chi connectivity index (χ4n) is 2.44. The minimum absolute atomic E-state index is 0. The third-order valence-corrected chi connectivity index (χ3v) is 3.78. The highest BCUT2D eigenvalue weighted by atomic mass is 127. The monoisotopic (exact) mass is 442 g/mol. The number of nitrogens with zero attached hydrogens (tertiary/aromatic N) is 5. The molecule has 1 heterocycles. The van der Waals surface area contributed by atoms with Crippen LogP contribution in [0.5, 0.6) is 0 Å². The van der Waals surface area contributed by atoms with Gasteiger partial charge in [-0.15, -0.1) is 24.0 Å². The molecule has 0 saturated carbocycles. The third-order valence-electron chi connectivity index (χ3n) is 3.78. The Bertz CT molecular complexity index is 652. The Morgan fingerprint density at radius 2 is 1.96 bits per heavy atom. The Kier molecular flexibility index (Phi) is 8.73. The summed E-state index contributed by atoms with van der Waals surface area (Å²) in [6, 6.07) is 8.47. The van der Waals surface area contributed by atoms with E-state index in [0.29, 0.717) is 13.1 Å². The van der Waals surface area contributed by atoms with Gasteiger partial charge in [-0.2, -0.15) is 5.10 Å². The van der Waals surface area contributed by atoms with E-state index in [-0.39, 0.29) is 24.0 Å². The largest absolute Gasteiger partial charge is 0.357 e. The van der Waals surface area contributed by atoms with Crippen LogP contribution in [0.2, 0.25) is 0 Å². The minimum atomic E-state index is 0. The van der Waals surface area contributed by atoms with Gasteiger partial charge in [0.2, 0.25) is 0 Å². The Hall–Kier alpha value is -1.64. The van der Waals surface area contributed by atoms with Gasteiger partial charge in [-0.1, -0.05) is 31.2 Å². The molecule has 0 spiro atoms. The van der Waals surface area contributed by atoms with Gasteiger partial charge in [0.05, 0.1) is 13.1 Å². The first-order chi connectivity index (χ1) is 11.2. The van der Waals surface area contributed by atoms with Crippen LogP contribution in [0, 0.1) is 0 Å². The lowest BCUT2D eigenvalue weighted by atomic mass is 10.1. The first kappa shape index (κ1) is 20.4. The van der Waals surface area contributed by atoms with Crippen LogP contribution in [-0.4, -0.2) is 39.2 Å². The highest BCUT2D eigenvalue weighted by Gasteiger charge is 2.10. The van der Waals surface area contributed by atoms with Crippen LogP contribution in [0.15, 0.2) is 35.6 Å². The second kappa shape index (κ2) is 10.3. The number of hydrogen-bond acceptors (Lipinski definition) is 3. The van der Waals surface area contributed by atoms with Crippen LogP contribution in [0.1, 0.15) is 30.8 Å². The zero-order chi connectivity index (χ0) is 16.7. The molecule has 1 aromatic heterocycles. The maximum Gasteiger partial charge on any atom is 0.194 e. The average Bonchev–Trinajstić information content (AvgIpc) is 2.96. The summed E-state index contributed by atoms with van der Waals surface area (Å²) in [5.41, 5.74) is 2.63. The van der Waals surface area contributed by atoms with E-state index in [0.717, 1.165) is 24.7 Å². The summed E-state index contributed by atoms with van der Waals surface area (Å²) in [6.45, 7) is 6.42. The maximum absolute atomic E-state index is 4.78. The minimum Gasteiger partial charge on any atom is -0.357 e. The van der Waals surface area contributed by atoms with Crippen molar-refractivity contribution in [3.8, 4) is 0 Å². The van der Waals surface area contributed by atoms with E-state index in [1.807, 2.05) is 14.1 Å². The molecule has 1 N–H and O–H groups in total. The molecular formula is C17H27IN6. The zero-order valence-electron chi connectivity index (χ0n) is 14.9. The summed E-state index contributed by atoms with van der Waals surface area (Å²) >= 11 is 0. The molecule has 0 aliphatic carbocycles. The summed E-state index contributed by atoms with van der Waals surface area (Å²) in [5.74, 6) is 1.79. The third kappa shape index (κ3) is 5.47. The molecule has 0 radical (unpaired) electrons. The van der Waals surface area contributed by atoms with Gasteiger partial charge in [-0.3, -0.25) is 4.68 Å². The number of aromatic nitrogens is 3. The van der Waals surface area contributed by atoms with Gasteiger partial charge in [0.25, 0.3) is 0 Å². The quantitative estimate of drug-likeness (QED) is 0.425. The number of aryl methyl sites for hydroxylation is 2. The lowest BCUT2D eigenvalue weighted by Gasteiger charge is -2.21. The Balaban J connectivity index is 0.00000288. The van der Waals surface area contributed by atoms with Crippen LogP contribution in [-0.2, 0) is 26.6 Å². The van der Waals surface area contributed by atoms with Gasteiger partial charge in [0.1, 0.15) is 12.2 Å². The highest BCUT2D eigenvalue weighted by molar-refractivity contribution is 14.0. The number of benzene rings is 1. The Morgan fingerprint density at radius 3 is 2.54 bits per heavy atom. The van der Waals surface area contributed by atoms with E-state index < -0.39 is 0 Å². The molecule has 24 heavy (non-hydrogen) atoms. The van der Waals surface area contributed by atoms with E-state index >= 15 is 0 Å². The zero-order valence-corrected chi connectivity index (χ0v) is 17.2. The van der Waals surface area contributed by atoms with E-state index in [2.05, 4.69) is 58.4 Å². The van der Waals surface area contributed by atoms with Crippen molar-refractivity contribution >= 4 is 29.9 Å². The lowest BCUT2D eigenvalue weighted by Crippen LogP contribution is -2.39. The number of rotatable bonds is 6. The molecule has 2 rings (SSSR count). The SMILES string of the molecule is CCNC(=NCc1ccccc1CC)N(C)Cc1ncnn1C.I. The first-order valence-electron chi connectivity index (χ1n) is 8.04. The van der Waals surface area contributed by atoms with Crippen LogP contribution in [0.4, 0.5) is 0 Å². The number of hydrogen-bond donors (Lipinski definition) is 1. The van der Waals surface area contributed by atoms with Crippen molar-refractivity contribution in [1.82, 2.24) is 25.0 Å². The molecule has 0 atom stereocenters. The van der Waals surface area contributed by atoms with Crippen molar-refractivity contribution in [2.24, 2.45) is 12.0 Å². The topological polar surface area (TPSA) is 58.3 Å². The van der Waals surface area contributed by atoms with Crippen LogP contribution >= 0.6 is 24.0 Å². The normalized spacial score (nSPS) is 11.1. The predicted molar refractivity (Wildman–Crippen MR) is 109 cm³/mol. The van der Waals surface area contributed by atoms with Gasteiger partial charge in [-0.25, -0.2) is 9.98 Å². The molecule has 0 saturated heterocycles. The summed E-state index contributed by atoms with van der Waals surface area (Å²) in [4.78, 5) is 11.1. The van der Waals surface area contributed by atoms with Crippen molar-refractivity contribution in [2.45, 2.75) is 33.4 Å². The number of guanidine groups is 1. The summed E-state index contributed by atoms with van der Waals surface area (Å²) < 4.78 is 1.78. The summed E-state index contributed by atoms with van der Waals surface area (Å²) in [6.07, 6.45) is 2.60. The van der Waals surface area contributed by atoms with E-state index in [4.69, 9.17) is 4.99 Å². The van der Waals surface area contributed by atoms with Gasteiger partial charge < -0.3 is 10.2 Å². The molecule has 0 unspecified atom stereocenters. The molecule has 0 fully saturated rings. The van der Waals surface area contributed by atoms with Gasteiger partial charge in [-0.05, 0) is 24.5 Å². The van der Waals surface area contributed by atoms with Crippen molar-refractivity contribution in [3.05, 3.63) is 47.5 Å². The van der Waals surface area contributed by atoms with E-state index in [9.17, 15) is 0 Å². The van der Waals surface area contributed by atoms with Crippen molar-refractivity contribution < 1.29 is 0 Å². The molecule has 6 nitrogen and oxygen atoms in total.